The highest BCUT2D eigenvalue weighted by atomic mass is 32.2. The third-order valence-electron chi connectivity index (χ3n) is 5.75. The summed E-state index contributed by atoms with van der Waals surface area (Å²) in [4.78, 5) is 13.1. The number of amides is 1. The van der Waals surface area contributed by atoms with Crippen LogP contribution in [0.2, 0.25) is 0 Å². The first-order chi connectivity index (χ1) is 16.8. The standard InChI is InChI=1S/C27H32FN3O4S/c1-19(21-10-12-23(28)13-11-21)30-26(32)22-14-24(31(3)36(4,33)34)16-25(15-22)35-18-27(2,29)17-20-8-6-5-7-9-20/h5-16,19H,17-18,29H2,1-4H3,(H,30,32)/t19-,27?/m1/s1. The molecular weight excluding hydrogens is 481 g/mol. The van der Waals surface area contributed by atoms with Crippen LogP contribution in [0.25, 0.3) is 0 Å². The maximum Gasteiger partial charge on any atom is 0.251 e. The van der Waals surface area contributed by atoms with Gasteiger partial charge >= 0.3 is 0 Å². The Balaban J connectivity index is 1.83. The molecule has 9 heteroatoms. The lowest BCUT2D eigenvalue weighted by Crippen LogP contribution is -2.44. The summed E-state index contributed by atoms with van der Waals surface area (Å²) in [7, 11) is -2.18. The second-order valence-corrected chi connectivity index (χ2v) is 11.3. The van der Waals surface area contributed by atoms with Crippen molar-refractivity contribution in [3.05, 3.63) is 95.3 Å². The smallest absolute Gasteiger partial charge is 0.251 e. The van der Waals surface area contributed by atoms with E-state index in [4.69, 9.17) is 10.5 Å². The van der Waals surface area contributed by atoms with E-state index < -0.39 is 27.5 Å². The van der Waals surface area contributed by atoms with E-state index >= 15 is 0 Å². The molecule has 0 bridgehead atoms. The SMILES string of the molecule is C[C@@H](NC(=O)c1cc(OCC(C)(N)Cc2ccccc2)cc(N(C)S(C)(=O)=O)c1)c1ccc(F)cc1. The summed E-state index contributed by atoms with van der Waals surface area (Å²) in [5.74, 6) is -0.484. The van der Waals surface area contributed by atoms with E-state index in [0.29, 0.717) is 12.2 Å². The van der Waals surface area contributed by atoms with Gasteiger partial charge in [-0.15, -0.1) is 0 Å². The number of nitrogens with two attached hydrogens (primary N) is 1. The van der Waals surface area contributed by atoms with E-state index in [9.17, 15) is 17.6 Å². The summed E-state index contributed by atoms with van der Waals surface area (Å²) in [5, 5.41) is 2.86. The van der Waals surface area contributed by atoms with Crippen LogP contribution in [0, 0.1) is 5.82 Å². The van der Waals surface area contributed by atoms with Gasteiger partial charge < -0.3 is 15.8 Å². The number of nitrogens with one attached hydrogen (secondary N) is 1. The van der Waals surface area contributed by atoms with E-state index in [-0.39, 0.29) is 23.7 Å². The van der Waals surface area contributed by atoms with Crippen molar-refractivity contribution in [3.8, 4) is 5.75 Å². The van der Waals surface area contributed by atoms with Crippen molar-refractivity contribution in [2.75, 3.05) is 24.2 Å². The minimum atomic E-state index is -3.58. The fourth-order valence-electron chi connectivity index (χ4n) is 3.65. The Morgan fingerprint density at radius 1 is 1.11 bits per heavy atom. The quantitative estimate of drug-likeness (QED) is 0.426. The van der Waals surface area contributed by atoms with Crippen LogP contribution in [0.3, 0.4) is 0 Å². The molecule has 0 spiro atoms. The molecule has 36 heavy (non-hydrogen) atoms. The highest BCUT2D eigenvalue weighted by Crippen LogP contribution is 2.27. The maximum absolute atomic E-state index is 13.3. The number of anilines is 1. The normalized spacial score (nSPS) is 13.9. The van der Waals surface area contributed by atoms with Crippen LogP contribution in [0.4, 0.5) is 10.1 Å². The van der Waals surface area contributed by atoms with Crippen molar-refractivity contribution in [1.29, 1.82) is 0 Å². The molecule has 0 aliphatic heterocycles. The summed E-state index contributed by atoms with van der Waals surface area (Å²) in [6.45, 7) is 3.78. The number of carbonyl (C=O) groups excluding carboxylic acids is 1. The molecule has 0 aliphatic carbocycles. The van der Waals surface area contributed by atoms with E-state index in [1.807, 2.05) is 37.3 Å². The Kier molecular flexibility index (Phi) is 8.37. The van der Waals surface area contributed by atoms with Gasteiger partial charge in [0, 0.05) is 18.7 Å². The Hall–Kier alpha value is -3.43. The fraction of sp³-hybridized carbons (Fsp3) is 0.296. The zero-order chi connectivity index (χ0) is 26.5. The lowest BCUT2D eigenvalue weighted by molar-refractivity contribution is 0.0939. The first-order valence-corrected chi connectivity index (χ1v) is 13.3. The molecule has 3 aromatic carbocycles. The molecular formula is C27H32FN3O4S. The van der Waals surface area contributed by atoms with Crippen LogP contribution in [-0.2, 0) is 16.4 Å². The van der Waals surface area contributed by atoms with Crippen LogP contribution >= 0.6 is 0 Å². The molecule has 0 aliphatic rings. The van der Waals surface area contributed by atoms with Gasteiger partial charge in [0.15, 0.2) is 0 Å². The number of nitrogens with zero attached hydrogens (tertiary/aromatic N) is 1. The number of rotatable bonds is 10. The number of hydrogen-bond acceptors (Lipinski definition) is 5. The van der Waals surface area contributed by atoms with E-state index in [0.717, 1.165) is 21.7 Å². The molecule has 7 nitrogen and oxygen atoms in total. The largest absolute Gasteiger partial charge is 0.492 e. The molecule has 3 N–H and O–H groups in total. The van der Waals surface area contributed by atoms with E-state index in [1.54, 1.807) is 31.2 Å². The monoisotopic (exact) mass is 513 g/mol. The molecule has 0 heterocycles. The molecule has 1 unspecified atom stereocenters. The summed E-state index contributed by atoms with van der Waals surface area (Å²) < 4.78 is 44.6. The third-order valence-corrected chi connectivity index (χ3v) is 6.96. The summed E-state index contributed by atoms with van der Waals surface area (Å²) in [6, 6.07) is 19.8. The Morgan fingerprint density at radius 3 is 2.36 bits per heavy atom. The van der Waals surface area contributed by atoms with Crippen LogP contribution in [-0.4, -0.2) is 39.8 Å². The van der Waals surface area contributed by atoms with Crippen molar-refractivity contribution in [3.63, 3.8) is 0 Å². The van der Waals surface area contributed by atoms with Gasteiger partial charge in [0.1, 0.15) is 18.2 Å². The molecule has 1 amide bonds. The third kappa shape index (κ3) is 7.53. The van der Waals surface area contributed by atoms with Crippen molar-refractivity contribution < 1.29 is 22.3 Å². The first-order valence-electron chi connectivity index (χ1n) is 11.4. The van der Waals surface area contributed by atoms with Crippen LogP contribution in [0.1, 0.15) is 41.4 Å². The minimum Gasteiger partial charge on any atom is -0.492 e. The van der Waals surface area contributed by atoms with Gasteiger partial charge in [-0.2, -0.15) is 0 Å². The first kappa shape index (κ1) is 27.2. The van der Waals surface area contributed by atoms with Gasteiger partial charge in [-0.3, -0.25) is 9.10 Å². The predicted octanol–water partition coefficient (Wildman–Crippen LogP) is 4.05. The number of sulfonamides is 1. The lowest BCUT2D eigenvalue weighted by atomic mass is 9.95. The zero-order valence-corrected chi connectivity index (χ0v) is 21.7. The maximum atomic E-state index is 13.3. The number of carbonyl (C=O) groups is 1. The number of hydrogen-bond donors (Lipinski definition) is 2. The van der Waals surface area contributed by atoms with E-state index in [1.165, 1.54) is 25.2 Å². The molecule has 2 atom stereocenters. The molecule has 192 valence electrons. The topological polar surface area (TPSA) is 102 Å². The van der Waals surface area contributed by atoms with Crippen LogP contribution in [0.5, 0.6) is 5.75 Å². The molecule has 0 aromatic heterocycles. The van der Waals surface area contributed by atoms with Crippen molar-refractivity contribution >= 4 is 21.6 Å². The molecule has 3 aromatic rings. The zero-order valence-electron chi connectivity index (χ0n) is 20.9. The number of ether oxygens (including phenoxy) is 1. The van der Waals surface area contributed by atoms with Crippen molar-refractivity contribution in [2.45, 2.75) is 31.8 Å². The second kappa shape index (κ2) is 11.1. The van der Waals surface area contributed by atoms with Crippen LogP contribution in [0.15, 0.2) is 72.8 Å². The molecule has 0 radical (unpaired) electrons. The molecule has 0 saturated carbocycles. The second-order valence-electron chi connectivity index (χ2n) is 9.30. The van der Waals surface area contributed by atoms with Gasteiger partial charge in [-0.1, -0.05) is 42.5 Å². The molecule has 3 rings (SSSR count). The minimum absolute atomic E-state index is 0.140. The van der Waals surface area contributed by atoms with Gasteiger partial charge in [-0.05, 0) is 55.7 Å². The fourth-order valence-corrected chi connectivity index (χ4v) is 4.14. The summed E-state index contributed by atoms with van der Waals surface area (Å²) in [6.07, 6.45) is 1.65. The highest BCUT2D eigenvalue weighted by Gasteiger charge is 2.22. The highest BCUT2D eigenvalue weighted by molar-refractivity contribution is 7.92. The summed E-state index contributed by atoms with van der Waals surface area (Å²) in [5.41, 5.74) is 8.04. The lowest BCUT2D eigenvalue weighted by Gasteiger charge is -2.26. The molecule has 0 fully saturated rings. The van der Waals surface area contributed by atoms with Gasteiger partial charge in [0.2, 0.25) is 10.0 Å². The average Bonchev–Trinajstić information content (AvgIpc) is 2.82. The van der Waals surface area contributed by atoms with Crippen molar-refractivity contribution in [1.82, 2.24) is 5.32 Å². The van der Waals surface area contributed by atoms with Gasteiger partial charge in [0.05, 0.1) is 23.5 Å². The average molecular weight is 514 g/mol. The van der Waals surface area contributed by atoms with E-state index in [2.05, 4.69) is 5.32 Å². The Labute approximate surface area is 212 Å². The predicted molar refractivity (Wildman–Crippen MR) is 140 cm³/mol. The number of benzene rings is 3. The molecule has 0 saturated heterocycles. The Bertz CT molecular complexity index is 1300. The van der Waals surface area contributed by atoms with Crippen molar-refractivity contribution in [2.24, 2.45) is 5.73 Å². The summed E-state index contributed by atoms with van der Waals surface area (Å²) >= 11 is 0. The van der Waals surface area contributed by atoms with Crippen LogP contribution < -0.4 is 20.1 Å². The van der Waals surface area contributed by atoms with Gasteiger partial charge in [-0.25, -0.2) is 12.8 Å². The van der Waals surface area contributed by atoms with Gasteiger partial charge in [0.25, 0.3) is 5.91 Å². The number of halogens is 1. The Morgan fingerprint density at radius 2 is 1.75 bits per heavy atom.